The van der Waals surface area contributed by atoms with Crippen LogP contribution in [0.25, 0.3) is 0 Å². The topological polar surface area (TPSA) is 62.9 Å². The summed E-state index contributed by atoms with van der Waals surface area (Å²) in [6.07, 6.45) is 3.22. The van der Waals surface area contributed by atoms with E-state index >= 15 is 0 Å². The molecule has 0 aliphatic carbocycles. The summed E-state index contributed by atoms with van der Waals surface area (Å²) in [5.41, 5.74) is 0.992. The van der Waals surface area contributed by atoms with Crippen LogP contribution in [0, 0.1) is 28.6 Å². The number of piperidine rings is 1. The number of likely N-dealkylation sites (tertiary alicyclic amines) is 1. The number of nitrogens with one attached hydrogen (secondary N) is 1. The Kier molecular flexibility index (Phi) is 6.52. The lowest BCUT2D eigenvalue weighted by Gasteiger charge is -2.33. The highest BCUT2D eigenvalue weighted by Crippen LogP contribution is 2.24. The van der Waals surface area contributed by atoms with Gasteiger partial charge in [-0.3, -0.25) is 0 Å². The molecule has 1 heterocycles. The summed E-state index contributed by atoms with van der Waals surface area (Å²) >= 11 is 6.17. The van der Waals surface area contributed by atoms with Crippen molar-refractivity contribution in [3.05, 3.63) is 29.3 Å². The highest BCUT2D eigenvalue weighted by Gasteiger charge is 2.21. The van der Waals surface area contributed by atoms with Gasteiger partial charge in [0.2, 0.25) is 0 Å². The number of nitrogens with zero attached hydrogens (tertiary/aromatic N) is 3. The molecule has 1 aromatic carbocycles. The zero-order valence-electron chi connectivity index (χ0n) is 12.6. The Hall–Kier alpha value is -1.75. The van der Waals surface area contributed by atoms with Gasteiger partial charge in [0.1, 0.15) is 0 Å². The summed E-state index contributed by atoms with van der Waals surface area (Å²) in [7, 11) is 0. The first-order chi connectivity index (χ1) is 10.7. The first-order valence-electron chi connectivity index (χ1n) is 7.73. The Morgan fingerprint density at radius 3 is 2.64 bits per heavy atom. The van der Waals surface area contributed by atoms with E-state index in [1.54, 1.807) is 0 Å². The fraction of sp³-hybridized carbons (Fsp3) is 0.529. The van der Waals surface area contributed by atoms with Gasteiger partial charge in [-0.15, -0.1) is 0 Å². The van der Waals surface area contributed by atoms with E-state index in [0.29, 0.717) is 18.9 Å². The molecule has 4 nitrogen and oxygen atoms in total. The van der Waals surface area contributed by atoms with Crippen LogP contribution >= 0.6 is 11.6 Å². The fourth-order valence-electron chi connectivity index (χ4n) is 2.81. The van der Waals surface area contributed by atoms with Crippen molar-refractivity contribution in [2.45, 2.75) is 31.7 Å². The number of nitriles is 2. The van der Waals surface area contributed by atoms with Crippen LogP contribution in [0.15, 0.2) is 24.3 Å². The number of halogens is 1. The van der Waals surface area contributed by atoms with Gasteiger partial charge in [-0.05, 0) is 31.4 Å². The van der Waals surface area contributed by atoms with Crippen LogP contribution in [0.4, 0.5) is 5.69 Å². The molecule has 1 aromatic rings. The molecule has 1 aliphatic heterocycles. The van der Waals surface area contributed by atoms with Gasteiger partial charge in [-0.1, -0.05) is 23.7 Å². The van der Waals surface area contributed by atoms with Crippen LogP contribution in [0.1, 0.15) is 25.7 Å². The zero-order valence-corrected chi connectivity index (χ0v) is 13.4. The summed E-state index contributed by atoms with van der Waals surface area (Å²) in [6, 6.07) is 12.7. The average molecular weight is 317 g/mol. The number of rotatable bonds is 6. The molecule has 0 bridgehead atoms. The lowest BCUT2D eigenvalue weighted by atomic mass is 10.0. The summed E-state index contributed by atoms with van der Waals surface area (Å²) in [5, 5.41) is 22.0. The van der Waals surface area contributed by atoms with Gasteiger partial charge >= 0.3 is 0 Å². The van der Waals surface area contributed by atoms with Gasteiger partial charge in [0.25, 0.3) is 0 Å². The standard InChI is InChI=1S/C17H21ClN4/c18-16-5-1-2-6-17(16)21-15-7-10-22(11-8-15)13-14(12-20)4-3-9-19/h1-2,5-6,14-15,21H,3-4,7-8,10-11,13H2. The third kappa shape index (κ3) is 4.91. The Morgan fingerprint density at radius 1 is 1.27 bits per heavy atom. The molecule has 1 saturated heterocycles. The lowest BCUT2D eigenvalue weighted by molar-refractivity contribution is 0.199. The highest BCUT2D eigenvalue weighted by molar-refractivity contribution is 6.33. The molecule has 2 rings (SSSR count). The monoisotopic (exact) mass is 316 g/mol. The van der Waals surface area contributed by atoms with E-state index in [4.69, 9.17) is 22.1 Å². The SMILES string of the molecule is N#CCCC(C#N)CN1CCC(Nc2ccccc2Cl)CC1. The number of anilines is 1. The summed E-state index contributed by atoms with van der Waals surface area (Å²) < 4.78 is 0. The zero-order chi connectivity index (χ0) is 15.8. The number of para-hydroxylation sites is 1. The summed E-state index contributed by atoms with van der Waals surface area (Å²) in [5.74, 6) is -0.0345. The predicted molar refractivity (Wildman–Crippen MR) is 88.5 cm³/mol. The largest absolute Gasteiger partial charge is 0.381 e. The van der Waals surface area contributed by atoms with Gasteiger partial charge < -0.3 is 10.2 Å². The molecule has 5 heteroatoms. The molecule has 1 unspecified atom stereocenters. The maximum atomic E-state index is 9.15. The van der Waals surface area contributed by atoms with E-state index in [1.165, 1.54) is 0 Å². The third-order valence-electron chi connectivity index (χ3n) is 4.09. The minimum absolute atomic E-state index is 0.0345. The second kappa shape index (κ2) is 8.63. The van der Waals surface area contributed by atoms with Crippen molar-refractivity contribution in [3.8, 4) is 12.1 Å². The number of hydrogen-bond donors (Lipinski definition) is 1. The smallest absolute Gasteiger partial charge is 0.0669 e. The maximum Gasteiger partial charge on any atom is 0.0669 e. The molecule has 0 aromatic heterocycles. The summed E-state index contributed by atoms with van der Waals surface area (Å²) in [4.78, 5) is 2.33. The predicted octanol–water partition coefficient (Wildman–Crippen LogP) is 3.66. The second-order valence-electron chi connectivity index (χ2n) is 5.72. The van der Waals surface area contributed by atoms with Crippen LogP contribution in [0.2, 0.25) is 5.02 Å². The van der Waals surface area contributed by atoms with Crippen LogP contribution in [-0.2, 0) is 0 Å². The van der Waals surface area contributed by atoms with Gasteiger partial charge in [-0.25, -0.2) is 0 Å². The molecular formula is C17H21ClN4. The Morgan fingerprint density at radius 2 is 2.00 bits per heavy atom. The molecule has 1 aliphatic rings. The van der Waals surface area contributed by atoms with Gasteiger partial charge in [0, 0.05) is 32.1 Å². The molecule has 0 radical (unpaired) electrons. The van der Waals surface area contributed by atoms with E-state index in [1.807, 2.05) is 24.3 Å². The highest BCUT2D eigenvalue weighted by atomic mass is 35.5. The van der Waals surface area contributed by atoms with Crippen molar-refractivity contribution >= 4 is 17.3 Å². The van der Waals surface area contributed by atoms with Gasteiger partial charge in [-0.2, -0.15) is 10.5 Å². The van der Waals surface area contributed by atoms with E-state index in [9.17, 15) is 0 Å². The fourth-order valence-corrected chi connectivity index (χ4v) is 3.00. The van der Waals surface area contributed by atoms with Crippen molar-refractivity contribution in [2.24, 2.45) is 5.92 Å². The van der Waals surface area contributed by atoms with E-state index < -0.39 is 0 Å². The normalized spacial score (nSPS) is 17.4. The van der Waals surface area contributed by atoms with Crippen LogP contribution < -0.4 is 5.32 Å². The minimum atomic E-state index is -0.0345. The molecule has 1 atom stereocenters. The second-order valence-corrected chi connectivity index (χ2v) is 6.13. The van der Waals surface area contributed by atoms with E-state index in [-0.39, 0.29) is 5.92 Å². The molecule has 116 valence electrons. The van der Waals surface area contributed by atoms with E-state index in [2.05, 4.69) is 22.4 Å². The van der Waals surface area contributed by atoms with Crippen molar-refractivity contribution in [1.29, 1.82) is 10.5 Å². The third-order valence-corrected chi connectivity index (χ3v) is 4.42. The quantitative estimate of drug-likeness (QED) is 0.870. The van der Waals surface area contributed by atoms with Crippen molar-refractivity contribution in [1.82, 2.24) is 4.90 Å². The van der Waals surface area contributed by atoms with Gasteiger partial charge in [0.15, 0.2) is 0 Å². The van der Waals surface area contributed by atoms with Crippen molar-refractivity contribution in [3.63, 3.8) is 0 Å². The van der Waals surface area contributed by atoms with Crippen molar-refractivity contribution in [2.75, 3.05) is 25.0 Å². The Bertz CT molecular complexity index is 553. The number of hydrogen-bond acceptors (Lipinski definition) is 4. The maximum absolute atomic E-state index is 9.15. The van der Waals surface area contributed by atoms with Crippen LogP contribution in [0.3, 0.4) is 0 Å². The molecule has 1 N–H and O–H groups in total. The van der Waals surface area contributed by atoms with Gasteiger partial charge in [0.05, 0.1) is 28.8 Å². The molecule has 22 heavy (non-hydrogen) atoms. The minimum Gasteiger partial charge on any atom is -0.381 e. The molecule has 0 amide bonds. The Balaban J connectivity index is 1.77. The average Bonchev–Trinajstić information content (AvgIpc) is 2.55. The Labute approximate surface area is 137 Å². The molecule has 0 saturated carbocycles. The van der Waals surface area contributed by atoms with Crippen LogP contribution in [0.5, 0.6) is 0 Å². The van der Waals surface area contributed by atoms with Crippen molar-refractivity contribution < 1.29 is 0 Å². The summed E-state index contributed by atoms with van der Waals surface area (Å²) in [6.45, 7) is 2.73. The van der Waals surface area contributed by atoms with E-state index in [0.717, 1.165) is 43.2 Å². The number of benzene rings is 1. The molecule has 1 fully saturated rings. The molecular weight excluding hydrogens is 296 g/mol. The molecule has 0 spiro atoms. The van der Waals surface area contributed by atoms with Crippen LogP contribution in [-0.4, -0.2) is 30.6 Å². The first kappa shape index (κ1) is 16.6. The lowest BCUT2D eigenvalue weighted by Crippen LogP contribution is -2.41. The first-order valence-corrected chi connectivity index (χ1v) is 8.10.